The maximum Gasteiger partial charge on any atom is 0.257 e. The van der Waals surface area contributed by atoms with Crippen LogP contribution in [0.2, 0.25) is 5.02 Å². The first-order valence-electron chi connectivity index (χ1n) is 8.28. The van der Waals surface area contributed by atoms with Crippen molar-refractivity contribution >= 4 is 29.0 Å². The molecule has 0 unspecified atom stereocenters. The summed E-state index contributed by atoms with van der Waals surface area (Å²) in [5.41, 5.74) is 1.20. The highest BCUT2D eigenvalue weighted by Crippen LogP contribution is 2.14. The number of carbonyl (C=O) groups excluding carboxylic acids is 1. The fourth-order valence-electron chi connectivity index (χ4n) is 2.54. The quantitative estimate of drug-likeness (QED) is 0.829. The van der Waals surface area contributed by atoms with Crippen molar-refractivity contribution in [2.75, 3.05) is 50.0 Å². The molecular formula is C18H21ClN4O2. The minimum atomic E-state index is -0.199. The van der Waals surface area contributed by atoms with Crippen LogP contribution >= 0.6 is 11.6 Å². The lowest BCUT2D eigenvalue weighted by Crippen LogP contribution is -2.39. The molecule has 3 rings (SSSR count). The third-order valence-corrected chi connectivity index (χ3v) is 4.22. The van der Waals surface area contributed by atoms with Crippen LogP contribution in [0.3, 0.4) is 0 Å². The van der Waals surface area contributed by atoms with Gasteiger partial charge in [-0.1, -0.05) is 11.6 Å². The molecule has 6 nitrogen and oxygen atoms in total. The number of rotatable bonds is 6. The van der Waals surface area contributed by atoms with Crippen molar-refractivity contribution in [1.29, 1.82) is 0 Å². The number of hydrogen-bond donors (Lipinski definition) is 2. The van der Waals surface area contributed by atoms with E-state index in [1.54, 1.807) is 36.5 Å². The zero-order valence-corrected chi connectivity index (χ0v) is 14.6. The molecule has 132 valence electrons. The van der Waals surface area contributed by atoms with Crippen LogP contribution in [0, 0.1) is 0 Å². The van der Waals surface area contributed by atoms with Gasteiger partial charge in [0, 0.05) is 43.1 Å². The second kappa shape index (κ2) is 8.80. The number of ether oxygens (including phenoxy) is 1. The van der Waals surface area contributed by atoms with Gasteiger partial charge in [0.15, 0.2) is 0 Å². The van der Waals surface area contributed by atoms with Gasteiger partial charge in [-0.25, -0.2) is 4.98 Å². The lowest BCUT2D eigenvalue weighted by molar-refractivity contribution is 0.0398. The summed E-state index contributed by atoms with van der Waals surface area (Å²) in [5.74, 6) is 0.561. The molecular weight excluding hydrogens is 340 g/mol. The molecule has 0 radical (unpaired) electrons. The first kappa shape index (κ1) is 17.7. The number of nitrogens with zero attached hydrogens (tertiary/aromatic N) is 2. The van der Waals surface area contributed by atoms with Crippen molar-refractivity contribution in [3.05, 3.63) is 53.2 Å². The van der Waals surface area contributed by atoms with Crippen LogP contribution in [0.5, 0.6) is 0 Å². The van der Waals surface area contributed by atoms with Gasteiger partial charge in [-0.3, -0.25) is 9.69 Å². The second-order valence-corrected chi connectivity index (χ2v) is 6.21. The molecule has 2 heterocycles. The molecule has 25 heavy (non-hydrogen) atoms. The molecule has 1 aromatic heterocycles. The minimum absolute atomic E-state index is 0.199. The summed E-state index contributed by atoms with van der Waals surface area (Å²) >= 11 is 5.83. The summed E-state index contributed by atoms with van der Waals surface area (Å²) in [5, 5.41) is 6.72. The van der Waals surface area contributed by atoms with Gasteiger partial charge >= 0.3 is 0 Å². The Morgan fingerprint density at radius 3 is 2.60 bits per heavy atom. The molecule has 1 amide bonds. The van der Waals surface area contributed by atoms with E-state index >= 15 is 0 Å². The van der Waals surface area contributed by atoms with E-state index in [0.29, 0.717) is 16.3 Å². The average molecular weight is 361 g/mol. The van der Waals surface area contributed by atoms with E-state index in [0.717, 1.165) is 45.2 Å². The number of nitrogens with one attached hydrogen (secondary N) is 2. The summed E-state index contributed by atoms with van der Waals surface area (Å²) in [6.45, 7) is 5.30. The molecule has 1 aliphatic heterocycles. The third kappa shape index (κ3) is 5.42. The number of aromatic nitrogens is 1. The van der Waals surface area contributed by atoms with Crippen LogP contribution in [0.15, 0.2) is 42.6 Å². The molecule has 2 aromatic rings. The van der Waals surface area contributed by atoms with Crippen molar-refractivity contribution in [3.63, 3.8) is 0 Å². The number of hydrogen-bond acceptors (Lipinski definition) is 5. The first-order valence-corrected chi connectivity index (χ1v) is 8.65. The van der Waals surface area contributed by atoms with E-state index in [-0.39, 0.29) is 5.91 Å². The van der Waals surface area contributed by atoms with E-state index in [9.17, 15) is 4.79 Å². The lowest BCUT2D eigenvalue weighted by Gasteiger charge is -2.26. The maximum atomic E-state index is 12.2. The monoisotopic (exact) mass is 360 g/mol. The van der Waals surface area contributed by atoms with Crippen LogP contribution in [0.4, 0.5) is 11.5 Å². The zero-order valence-electron chi connectivity index (χ0n) is 13.9. The summed E-state index contributed by atoms with van der Waals surface area (Å²) in [6.07, 6.45) is 1.57. The molecule has 1 aliphatic rings. The Morgan fingerprint density at radius 2 is 1.92 bits per heavy atom. The number of anilines is 2. The Bertz CT molecular complexity index is 685. The van der Waals surface area contributed by atoms with E-state index < -0.39 is 0 Å². The van der Waals surface area contributed by atoms with Gasteiger partial charge in [0.1, 0.15) is 5.82 Å². The number of carbonyl (C=O) groups is 1. The molecule has 1 fully saturated rings. The summed E-state index contributed by atoms with van der Waals surface area (Å²) in [7, 11) is 0. The average Bonchev–Trinajstić information content (AvgIpc) is 2.65. The number of morpholine rings is 1. The van der Waals surface area contributed by atoms with Crippen molar-refractivity contribution in [1.82, 2.24) is 9.88 Å². The van der Waals surface area contributed by atoms with Gasteiger partial charge < -0.3 is 15.4 Å². The van der Waals surface area contributed by atoms with Gasteiger partial charge in [0.25, 0.3) is 5.91 Å². The molecule has 0 saturated carbocycles. The summed E-state index contributed by atoms with van der Waals surface area (Å²) in [6, 6.07) is 10.6. The predicted molar refractivity (Wildman–Crippen MR) is 99.4 cm³/mol. The van der Waals surface area contributed by atoms with Gasteiger partial charge in [0.2, 0.25) is 0 Å². The Hall–Kier alpha value is -2.15. The predicted octanol–water partition coefficient (Wildman–Crippen LogP) is 2.73. The number of halogens is 1. The van der Waals surface area contributed by atoms with Crippen LogP contribution in [0.1, 0.15) is 10.4 Å². The van der Waals surface area contributed by atoms with Crippen LogP contribution in [-0.2, 0) is 4.74 Å². The third-order valence-electron chi connectivity index (χ3n) is 3.97. The smallest absolute Gasteiger partial charge is 0.257 e. The maximum absolute atomic E-state index is 12.2. The van der Waals surface area contributed by atoms with Crippen molar-refractivity contribution in [3.8, 4) is 0 Å². The molecule has 0 bridgehead atoms. The SMILES string of the molecule is O=C(Nc1ccc(Cl)cc1)c1ccc(NCCN2CCOCC2)nc1. The highest BCUT2D eigenvalue weighted by atomic mass is 35.5. The molecule has 1 aromatic carbocycles. The van der Waals surface area contributed by atoms with Crippen molar-refractivity contribution in [2.24, 2.45) is 0 Å². The summed E-state index contributed by atoms with van der Waals surface area (Å²) < 4.78 is 5.33. The molecule has 0 atom stereocenters. The number of benzene rings is 1. The van der Waals surface area contributed by atoms with Crippen molar-refractivity contribution < 1.29 is 9.53 Å². The molecule has 2 N–H and O–H groups in total. The van der Waals surface area contributed by atoms with Crippen LogP contribution in [-0.4, -0.2) is 55.2 Å². The fourth-order valence-corrected chi connectivity index (χ4v) is 2.66. The van der Waals surface area contributed by atoms with Crippen LogP contribution < -0.4 is 10.6 Å². The van der Waals surface area contributed by atoms with Gasteiger partial charge in [0.05, 0.1) is 18.8 Å². The fraction of sp³-hybridized carbons (Fsp3) is 0.333. The molecule has 7 heteroatoms. The Kier molecular flexibility index (Phi) is 6.22. The molecule has 0 aliphatic carbocycles. The molecule has 1 saturated heterocycles. The molecule has 0 spiro atoms. The lowest BCUT2D eigenvalue weighted by atomic mass is 10.2. The van der Waals surface area contributed by atoms with E-state index in [2.05, 4.69) is 20.5 Å². The highest BCUT2D eigenvalue weighted by molar-refractivity contribution is 6.30. The van der Waals surface area contributed by atoms with Gasteiger partial charge in [-0.2, -0.15) is 0 Å². The van der Waals surface area contributed by atoms with Gasteiger partial charge in [-0.05, 0) is 36.4 Å². The summed E-state index contributed by atoms with van der Waals surface area (Å²) in [4.78, 5) is 18.9. The standard InChI is InChI=1S/C18H21ClN4O2/c19-15-2-4-16(5-3-15)22-18(24)14-1-6-17(21-13-14)20-7-8-23-9-11-25-12-10-23/h1-6,13H,7-12H2,(H,20,21)(H,22,24). The van der Waals surface area contributed by atoms with Crippen LogP contribution in [0.25, 0.3) is 0 Å². The van der Waals surface area contributed by atoms with E-state index in [4.69, 9.17) is 16.3 Å². The second-order valence-electron chi connectivity index (χ2n) is 5.77. The van der Waals surface area contributed by atoms with Gasteiger partial charge in [-0.15, -0.1) is 0 Å². The largest absolute Gasteiger partial charge is 0.379 e. The Morgan fingerprint density at radius 1 is 1.16 bits per heavy atom. The van der Waals surface area contributed by atoms with E-state index in [1.165, 1.54) is 0 Å². The first-order chi connectivity index (χ1) is 12.2. The Balaban J connectivity index is 1.47. The highest BCUT2D eigenvalue weighted by Gasteiger charge is 2.10. The zero-order chi connectivity index (χ0) is 17.5. The number of pyridine rings is 1. The van der Waals surface area contributed by atoms with E-state index in [1.807, 2.05) is 6.07 Å². The minimum Gasteiger partial charge on any atom is -0.379 e. The number of amides is 1. The van der Waals surface area contributed by atoms with Crippen molar-refractivity contribution in [2.45, 2.75) is 0 Å². The Labute approximate surface area is 152 Å². The topological polar surface area (TPSA) is 66.5 Å². The normalized spacial score (nSPS) is 14.9.